The minimum Gasteiger partial charge on any atom is -0.493 e. The normalized spacial score (nSPS) is 15.8. The van der Waals surface area contributed by atoms with Crippen molar-refractivity contribution in [2.45, 2.75) is 26.9 Å². The molecule has 1 fully saturated rings. The van der Waals surface area contributed by atoms with Crippen LogP contribution in [0.25, 0.3) is 6.08 Å². The highest BCUT2D eigenvalue weighted by molar-refractivity contribution is 8.18. The Morgan fingerprint density at radius 2 is 1.77 bits per heavy atom. The van der Waals surface area contributed by atoms with Crippen LogP contribution in [0, 0.1) is 6.92 Å². The van der Waals surface area contributed by atoms with Gasteiger partial charge in [-0.05, 0) is 78.7 Å². The van der Waals surface area contributed by atoms with Gasteiger partial charge in [-0.2, -0.15) is 0 Å². The van der Waals surface area contributed by atoms with Gasteiger partial charge in [0, 0.05) is 11.6 Å². The van der Waals surface area contributed by atoms with Crippen LogP contribution >= 0.6 is 23.4 Å². The zero-order chi connectivity index (χ0) is 24.8. The summed E-state index contributed by atoms with van der Waals surface area (Å²) >= 11 is 7.34. The summed E-state index contributed by atoms with van der Waals surface area (Å²) in [6.07, 6.45) is 2.72. The summed E-state index contributed by atoms with van der Waals surface area (Å²) in [7, 11) is 1.60. The average Bonchev–Trinajstić information content (AvgIpc) is 3.14. The van der Waals surface area contributed by atoms with Crippen LogP contribution in [0.5, 0.6) is 11.5 Å². The Labute approximate surface area is 215 Å². The van der Waals surface area contributed by atoms with E-state index in [-0.39, 0.29) is 5.91 Å². The second-order valence-corrected chi connectivity index (χ2v) is 9.57. The quantitative estimate of drug-likeness (QED) is 0.302. The molecule has 0 aliphatic carbocycles. The van der Waals surface area contributed by atoms with Crippen molar-refractivity contribution in [3.8, 4) is 11.5 Å². The Bertz CT molecular complexity index is 1250. The van der Waals surface area contributed by atoms with Crippen LogP contribution in [0.2, 0.25) is 5.02 Å². The average molecular weight is 507 g/mol. The topological polar surface area (TPSA) is 51.1 Å². The van der Waals surface area contributed by atoms with E-state index in [0.717, 1.165) is 23.2 Å². The largest absolute Gasteiger partial charge is 0.493 e. The van der Waals surface area contributed by atoms with E-state index in [1.54, 1.807) is 12.0 Å². The first-order chi connectivity index (χ1) is 17.0. The van der Waals surface area contributed by atoms with Crippen molar-refractivity contribution in [2.24, 2.45) is 4.99 Å². The van der Waals surface area contributed by atoms with E-state index in [4.69, 9.17) is 26.1 Å². The molecule has 4 rings (SSSR count). The summed E-state index contributed by atoms with van der Waals surface area (Å²) < 4.78 is 11.5. The molecule has 0 spiro atoms. The monoisotopic (exact) mass is 506 g/mol. The zero-order valence-electron chi connectivity index (χ0n) is 20.0. The molecule has 180 valence electrons. The van der Waals surface area contributed by atoms with Crippen molar-refractivity contribution >= 4 is 46.2 Å². The number of hydrogen-bond acceptors (Lipinski definition) is 5. The maximum absolute atomic E-state index is 13.1. The fourth-order valence-corrected chi connectivity index (χ4v) is 4.68. The summed E-state index contributed by atoms with van der Waals surface area (Å²) in [6.45, 7) is 5.11. The number of benzene rings is 3. The van der Waals surface area contributed by atoms with E-state index >= 15 is 0 Å². The van der Waals surface area contributed by atoms with Gasteiger partial charge in [0.25, 0.3) is 5.91 Å². The molecular weight excluding hydrogens is 480 g/mol. The number of hydrogen-bond donors (Lipinski definition) is 0. The molecule has 0 N–H and O–H groups in total. The standard InChI is InChI=1S/C28H27ClN2O3S/c1-4-15-31-27(32)26(35-28(31)30-23-12-5-19(2)6-13-23)17-21-9-14-24(25(16-21)33-3)34-18-20-7-10-22(29)11-8-20/h5-14,16-17H,4,15,18H2,1-3H3/b26-17-,30-28?. The molecule has 3 aromatic carbocycles. The van der Waals surface area contributed by atoms with Gasteiger partial charge in [-0.3, -0.25) is 9.69 Å². The van der Waals surface area contributed by atoms with Gasteiger partial charge < -0.3 is 9.47 Å². The van der Waals surface area contributed by atoms with Crippen molar-refractivity contribution in [1.29, 1.82) is 0 Å². The number of rotatable bonds is 8. The smallest absolute Gasteiger partial charge is 0.266 e. The molecule has 0 unspecified atom stereocenters. The van der Waals surface area contributed by atoms with E-state index in [2.05, 4.69) is 6.92 Å². The number of carbonyl (C=O) groups excluding carboxylic acids is 1. The molecule has 1 aliphatic rings. The zero-order valence-corrected chi connectivity index (χ0v) is 21.5. The lowest BCUT2D eigenvalue weighted by molar-refractivity contribution is -0.122. The van der Waals surface area contributed by atoms with Crippen LogP contribution in [0.4, 0.5) is 5.69 Å². The summed E-state index contributed by atoms with van der Waals surface area (Å²) in [4.78, 5) is 20.3. The second kappa shape index (κ2) is 11.5. The molecule has 35 heavy (non-hydrogen) atoms. The predicted molar refractivity (Wildman–Crippen MR) is 145 cm³/mol. The summed E-state index contributed by atoms with van der Waals surface area (Å²) in [6, 6.07) is 21.1. The van der Waals surface area contributed by atoms with Crippen LogP contribution in [0.1, 0.15) is 30.0 Å². The van der Waals surface area contributed by atoms with Gasteiger partial charge in [0.1, 0.15) is 6.61 Å². The van der Waals surface area contributed by atoms with Gasteiger partial charge >= 0.3 is 0 Å². The number of ether oxygens (including phenoxy) is 2. The fraction of sp³-hybridized carbons (Fsp3) is 0.214. The van der Waals surface area contributed by atoms with Crippen molar-refractivity contribution in [1.82, 2.24) is 4.90 Å². The predicted octanol–water partition coefficient (Wildman–Crippen LogP) is 7.25. The van der Waals surface area contributed by atoms with Gasteiger partial charge in [0.05, 0.1) is 17.7 Å². The lowest BCUT2D eigenvalue weighted by atomic mass is 10.1. The third kappa shape index (κ3) is 6.27. The Balaban J connectivity index is 1.54. The molecule has 1 amide bonds. The number of carbonyl (C=O) groups is 1. The van der Waals surface area contributed by atoms with E-state index < -0.39 is 0 Å². The minimum absolute atomic E-state index is 0.0373. The first-order valence-corrected chi connectivity index (χ1v) is 12.6. The van der Waals surface area contributed by atoms with E-state index in [9.17, 15) is 4.79 Å². The number of nitrogens with zero attached hydrogens (tertiary/aromatic N) is 2. The van der Waals surface area contributed by atoms with Crippen LogP contribution in [0.15, 0.2) is 76.6 Å². The Hall–Kier alpha value is -3.22. The molecule has 0 bridgehead atoms. The molecule has 0 atom stereocenters. The lowest BCUT2D eigenvalue weighted by Crippen LogP contribution is -2.29. The number of amides is 1. The maximum atomic E-state index is 13.1. The second-order valence-electron chi connectivity index (χ2n) is 8.12. The first kappa shape index (κ1) is 24.9. The van der Waals surface area contributed by atoms with E-state index in [0.29, 0.717) is 39.7 Å². The Morgan fingerprint density at radius 3 is 2.46 bits per heavy atom. The lowest BCUT2D eigenvalue weighted by Gasteiger charge is -2.14. The Morgan fingerprint density at radius 1 is 1.03 bits per heavy atom. The van der Waals surface area contributed by atoms with Gasteiger partial charge in [-0.25, -0.2) is 4.99 Å². The number of aliphatic imine (C=N–C) groups is 1. The highest BCUT2D eigenvalue weighted by Gasteiger charge is 2.32. The van der Waals surface area contributed by atoms with E-state index in [1.165, 1.54) is 17.3 Å². The molecule has 0 saturated carbocycles. The van der Waals surface area contributed by atoms with Gasteiger partial charge in [0.2, 0.25) is 0 Å². The highest BCUT2D eigenvalue weighted by Crippen LogP contribution is 2.36. The van der Waals surface area contributed by atoms with Crippen molar-refractivity contribution < 1.29 is 14.3 Å². The van der Waals surface area contributed by atoms with Gasteiger partial charge in [-0.1, -0.05) is 54.4 Å². The number of halogens is 1. The summed E-state index contributed by atoms with van der Waals surface area (Å²) in [5.41, 5.74) is 3.86. The number of aryl methyl sites for hydroxylation is 1. The van der Waals surface area contributed by atoms with Crippen LogP contribution in [-0.2, 0) is 11.4 Å². The molecular formula is C28H27ClN2O3S. The van der Waals surface area contributed by atoms with Gasteiger partial charge in [0.15, 0.2) is 16.7 Å². The molecule has 0 radical (unpaired) electrons. The van der Waals surface area contributed by atoms with Crippen LogP contribution in [-0.4, -0.2) is 29.6 Å². The van der Waals surface area contributed by atoms with Crippen LogP contribution in [0.3, 0.4) is 0 Å². The molecule has 0 aromatic heterocycles. The third-order valence-electron chi connectivity index (χ3n) is 5.39. The molecule has 5 nitrogen and oxygen atoms in total. The Kier molecular flexibility index (Phi) is 8.16. The third-order valence-corrected chi connectivity index (χ3v) is 6.65. The molecule has 3 aromatic rings. The summed E-state index contributed by atoms with van der Waals surface area (Å²) in [5, 5.41) is 1.38. The molecule has 1 aliphatic heterocycles. The first-order valence-electron chi connectivity index (χ1n) is 11.4. The van der Waals surface area contributed by atoms with E-state index in [1.807, 2.05) is 79.7 Å². The fourth-order valence-electron chi connectivity index (χ4n) is 3.53. The summed E-state index contributed by atoms with van der Waals surface area (Å²) in [5.74, 6) is 1.19. The SMILES string of the molecule is CCCN1C(=O)/C(=C/c2ccc(OCc3ccc(Cl)cc3)c(OC)c2)SC1=Nc1ccc(C)cc1. The highest BCUT2D eigenvalue weighted by atomic mass is 35.5. The van der Waals surface area contributed by atoms with Crippen molar-refractivity contribution in [3.63, 3.8) is 0 Å². The van der Waals surface area contributed by atoms with Gasteiger partial charge in [-0.15, -0.1) is 0 Å². The maximum Gasteiger partial charge on any atom is 0.266 e. The number of methoxy groups -OCH3 is 1. The number of thioether (sulfide) groups is 1. The number of amidine groups is 1. The molecule has 1 heterocycles. The van der Waals surface area contributed by atoms with Crippen LogP contribution < -0.4 is 9.47 Å². The molecule has 1 saturated heterocycles. The van der Waals surface area contributed by atoms with Crippen molar-refractivity contribution in [2.75, 3.05) is 13.7 Å². The van der Waals surface area contributed by atoms with Crippen molar-refractivity contribution in [3.05, 3.63) is 93.3 Å². The molecule has 7 heteroatoms. The minimum atomic E-state index is -0.0373.